The Balaban J connectivity index is 2.24. The molecule has 16 heavy (non-hydrogen) atoms. The highest BCUT2D eigenvalue weighted by Gasteiger charge is 2.30. The minimum absolute atomic E-state index is 0.178. The van der Waals surface area contributed by atoms with E-state index in [0.717, 1.165) is 27.0 Å². The fraction of sp³-hybridized carbons (Fsp3) is 0.455. The van der Waals surface area contributed by atoms with Crippen LogP contribution in [0.4, 0.5) is 5.82 Å². The maximum Gasteiger partial charge on any atom is 0.228 e. The standard InChI is InChI=1S/C11H12BrIN2O/c1-7-9(13)2-3-10(14-7)15-6-8(5-12)4-11(15)16/h2-3,8H,4-6H2,1H3. The average Bonchev–Trinajstić information content (AvgIpc) is 2.64. The molecule has 3 nitrogen and oxygen atoms in total. The summed E-state index contributed by atoms with van der Waals surface area (Å²) in [6, 6.07) is 3.93. The molecule has 0 N–H and O–H groups in total. The molecule has 0 saturated carbocycles. The minimum Gasteiger partial charge on any atom is -0.296 e. The summed E-state index contributed by atoms with van der Waals surface area (Å²) in [5.74, 6) is 1.37. The Bertz CT molecular complexity index is 424. The van der Waals surface area contributed by atoms with Gasteiger partial charge in [-0.1, -0.05) is 15.9 Å². The molecular formula is C11H12BrIN2O. The van der Waals surface area contributed by atoms with Crippen LogP contribution >= 0.6 is 38.5 Å². The van der Waals surface area contributed by atoms with Crippen molar-refractivity contribution in [2.75, 3.05) is 16.8 Å². The summed E-state index contributed by atoms with van der Waals surface area (Å²) >= 11 is 5.68. The topological polar surface area (TPSA) is 33.2 Å². The van der Waals surface area contributed by atoms with Crippen molar-refractivity contribution in [2.24, 2.45) is 5.92 Å². The van der Waals surface area contributed by atoms with Gasteiger partial charge in [0, 0.05) is 21.9 Å². The third-order valence-corrected chi connectivity index (χ3v) is 4.76. The van der Waals surface area contributed by atoms with Gasteiger partial charge in [0.25, 0.3) is 0 Å². The first-order valence-corrected chi connectivity index (χ1v) is 7.31. The summed E-state index contributed by atoms with van der Waals surface area (Å²) in [5, 5.41) is 0.874. The van der Waals surface area contributed by atoms with E-state index in [1.165, 1.54) is 0 Å². The number of amides is 1. The highest BCUT2D eigenvalue weighted by atomic mass is 127. The Labute approximate surface area is 117 Å². The van der Waals surface area contributed by atoms with Gasteiger partial charge in [0.05, 0.1) is 5.69 Å². The van der Waals surface area contributed by atoms with Gasteiger partial charge in [-0.05, 0) is 47.6 Å². The number of rotatable bonds is 2. The van der Waals surface area contributed by atoms with Crippen LogP contribution in [0.3, 0.4) is 0 Å². The Morgan fingerprint density at radius 3 is 2.94 bits per heavy atom. The van der Waals surface area contributed by atoms with Gasteiger partial charge in [-0.3, -0.25) is 9.69 Å². The van der Waals surface area contributed by atoms with Crippen molar-refractivity contribution in [3.63, 3.8) is 0 Å². The number of carbonyl (C=O) groups is 1. The van der Waals surface area contributed by atoms with Crippen LogP contribution in [0.2, 0.25) is 0 Å². The lowest BCUT2D eigenvalue weighted by Gasteiger charge is -2.16. The van der Waals surface area contributed by atoms with Crippen LogP contribution in [0.25, 0.3) is 0 Å². The van der Waals surface area contributed by atoms with Crippen LogP contribution in [0.15, 0.2) is 12.1 Å². The Kier molecular flexibility index (Phi) is 3.84. The van der Waals surface area contributed by atoms with Crippen molar-refractivity contribution in [3.8, 4) is 0 Å². The molecule has 2 heterocycles. The second kappa shape index (κ2) is 5.00. The lowest BCUT2D eigenvalue weighted by molar-refractivity contribution is -0.117. The first-order chi connectivity index (χ1) is 7.61. The van der Waals surface area contributed by atoms with E-state index in [0.29, 0.717) is 12.3 Å². The van der Waals surface area contributed by atoms with Gasteiger partial charge in [-0.2, -0.15) is 0 Å². The molecule has 1 fully saturated rings. The number of nitrogens with zero attached hydrogens (tertiary/aromatic N) is 2. The van der Waals surface area contributed by atoms with E-state index in [1.807, 2.05) is 19.1 Å². The van der Waals surface area contributed by atoms with Gasteiger partial charge in [0.1, 0.15) is 5.82 Å². The van der Waals surface area contributed by atoms with Crippen molar-refractivity contribution in [1.29, 1.82) is 0 Å². The Morgan fingerprint density at radius 2 is 2.38 bits per heavy atom. The lowest BCUT2D eigenvalue weighted by atomic mass is 10.2. The number of anilines is 1. The quantitative estimate of drug-likeness (QED) is 0.570. The number of pyridine rings is 1. The molecule has 0 aliphatic carbocycles. The van der Waals surface area contributed by atoms with E-state index in [9.17, 15) is 4.79 Å². The predicted octanol–water partition coefficient (Wildman–Crippen LogP) is 2.74. The number of aromatic nitrogens is 1. The molecule has 0 aromatic carbocycles. The largest absolute Gasteiger partial charge is 0.296 e. The van der Waals surface area contributed by atoms with Crippen LogP contribution in [0.5, 0.6) is 0 Å². The van der Waals surface area contributed by atoms with E-state index >= 15 is 0 Å². The highest BCUT2D eigenvalue weighted by molar-refractivity contribution is 14.1. The second-order valence-corrected chi connectivity index (χ2v) is 5.78. The smallest absolute Gasteiger partial charge is 0.228 e. The zero-order valence-corrected chi connectivity index (χ0v) is 12.7. The van der Waals surface area contributed by atoms with Crippen LogP contribution in [-0.2, 0) is 4.79 Å². The van der Waals surface area contributed by atoms with Crippen molar-refractivity contribution >= 4 is 50.2 Å². The van der Waals surface area contributed by atoms with Gasteiger partial charge in [-0.25, -0.2) is 4.98 Å². The van der Waals surface area contributed by atoms with E-state index in [2.05, 4.69) is 43.5 Å². The third-order valence-electron chi connectivity index (χ3n) is 2.71. The average molecular weight is 395 g/mol. The molecule has 1 aliphatic heterocycles. The molecule has 1 amide bonds. The van der Waals surface area contributed by atoms with Crippen LogP contribution in [0.1, 0.15) is 12.1 Å². The molecular weight excluding hydrogens is 383 g/mol. The van der Waals surface area contributed by atoms with Crippen molar-refractivity contribution < 1.29 is 4.79 Å². The van der Waals surface area contributed by atoms with Crippen molar-refractivity contribution in [2.45, 2.75) is 13.3 Å². The maximum absolute atomic E-state index is 11.8. The summed E-state index contributed by atoms with van der Waals surface area (Å²) in [6.07, 6.45) is 0.623. The fourth-order valence-electron chi connectivity index (χ4n) is 1.79. The zero-order chi connectivity index (χ0) is 11.7. The highest BCUT2D eigenvalue weighted by Crippen LogP contribution is 2.25. The summed E-state index contributed by atoms with van der Waals surface area (Å²) in [6.45, 7) is 2.74. The van der Waals surface area contributed by atoms with Gasteiger partial charge in [0.2, 0.25) is 5.91 Å². The zero-order valence-electron chi connectivity index (χ0n) is 8.91. The van der Waals surface area contributed by atoms with Gasteiger partial charge in [-0.15, -0.1) is 0 Å². The number of hydrogen-bond donors (Lipinski definition) is 0. The van der Waals surface area contributed by atoms with Crippen LogP contribution < -0.4 is 4.90 Å². The molecule has 0 radical (unpaired) electrons. The predicted molar refractivity (Wildman–Crippen MR) is 75.9 cm³/mol. The van der Waals surface area contributed by atoms with E-state index < -0.39 is 0 Å². The summed E-state index contributed by atoms with van der Waals surface area (Å²) in [7, 11) is 0. The first kappa shape index (κ1) is 12.3. The molecule has 1 saturated heterocycles. The summed E-state index contributed by atoms with van der Waals surface area (Å²) in [4.78, 5) is 18.0. The minimum atomic E-state index is 0.178. The SMILES string of the molecule is Cc1nc(N2CC(CBr)CC2=O)ccc1I. The molecule has 1 unspecified atom stereocenters. The molecule has 0 bridgehead atoms. The monoisotopic (exact) mass is 394 g/mol. The normalized spacial score (nSPS) is 20.6. The Morgan fingerprint density at radius 1 is 1.62 bits per heavy atom. The van der Waals surface area contributed by atoms with Crippen LogP contribution in [-0.4, -0.2) is 22.8 Å². The van der Waals surface area contributed by atoms with E-state index in [4.69, 9.17) is 0 Å². The first-order valence-electron chi connectivity index (χ1n) is 5.11. The summed E-state index contributed by atoms with van der Waals surface area (Å²) in [5.41, 5.74) is 0.980. The molecule has 1 atom stereocenters. The number of carbonyl (C=O) groups excluding carboxylic acids is 1. The lowest BCUT2D eigenvalue weighted by Crippen LogP contribution is -2.25. The van der Waals surface area contributed by atoms with Crippen LogP contribution in [0, 0.1) is 16.4 Å². The molecule has 0 spiro atoms. The molecule has 86 valence electrons. The van der Waals surface area contributed by atoms with Crippen molar-refractivity contribution in [1.82, 2.24) is 4.98 Å². The number of alkyl halides is 1. The molecule has 1 aliphatic rings. The maximum atomic E-state index is 11.8. The molecule has 5 heteroatoms. The fourth-order valence-corrected chi connectivity index (χ4v) is 2.52. The molecule has 1 aromatic heterocycles. The third kappa shape index (κ3) is 2.40. The van der Waals surface area contributed by atoms with E-state index in [-0.39, 0.29) is 5.91 Å². The van der Waals surface area contributed by atoms with Gasteiger partial charge < -0.3 is 0 Å². The second-order valence-electron chi connectivity index (χ2n) is 3.97. The molecule has 2 rings (SSSR count). The summed E-state index contributed by atoms with van der Waals surface area (Å²) < 4.78 is 1.13. The van der Waals surface area contributed by atoms with Crippen molar-refractivity contribution in [3.05, 3.63) is 21.4 Å². The van der Waals surface area contributed by atoms with E-state index in [1.54, 1.807) is 4.90 Å². The molecule has 1 aromatic rings. The number of aryl methyl sites for hydroxylation is 1. The Hall–Kier alpha value is -0.170. The van der Waals surface area contributed by atoms with Gasteiger partial charge >= 0.3 is 0 Å². The van der Waals surface area contributed by atoms with Gasteiger partial charge in [0.15, 0.2) is 0 Å². The number of halogens is 2. The number of hydrogen-bond acceptors (Lipinski definition) is 2.